The maximum atomic E-state index is 13.4. The first-order chi connectivity index (χ1) is 16.9. The smallest absolute Gasteiger partial charge is 0.435 e. The molecule has 2 aromatic carbocycles. The molecule has 194 valence electrons. The van der Waals surface area contributed by atoms with Crippen LogP contribution in [0.15, 0.2) is 59.5 Å². The summed E-state index contributed by atoms with van der Waals surface area (Å²) in [6.45, 7) is 3.84. The summed E-state index contributed by atoms with van der Waals surface area (Å²) in [5, 5.41) is 15.7. The number of alkyl halides is 3. The lowest BCUT2D eigenvalue weighted by Gasteiger charge is -2.18. The number of hydrogen-bond donors (Lipinski definition) is 2. The topological polar surface area (TPSA) is 133 Å². The molecule has 1 aromatic heterocycles. The number of sulfonamides is 1. The summed E-state index contributed by atoms with van der Waals surface area (Å²) in [7, 11) is -4.32. The van der Waals surface area contributed by atoms with Crippen molar-refractivity contribution in [2.45, 2.75) is 24.9 Å². The first-order valence-corrected chi connectivity index (χ1v) is 12.2. The summed E-state index contributed by atoms with van der Waals surface area (Å²) in [6.07, 6.45) is -5.91. The Morgan fingerprint density at radius 2 is 1.81 bits per heavy atom. The molecule has 0 spiro atoms. The molecule has 36 heavy (non-hydrogen) atoms. The zero-order chi connectivity index (χ0) is 26.5. The first kappa shape index (κ1) is 27.1. The summed E-state index contributed by atoms with van der Waals surface area (Å²) in [6, 6.07) is 12.5. The molecular weight excluding hydrogens is 503 g/mol. The number of carbonyl (C=O) groups is 1. The number of benzene rings is 2. The second-order valence-corrected chi connectivity index (χ2v) is 9.34. The Morgan fingerprint density at radius 3 is 2.36 bits per heavy atom. The van der Waals surface area contributed by atoms with E-state index in [1.807, 2.05) is 6.92 Å². The van der Waals surface area contributed by atoms with Crippen molar-refractivity contribution >= 4 is 16.1 Å². The van der Waals surface area contributed by atoms with E-state index in [4.69, 9.17) is 4.74 Å². The van der Waals surface area contributed by atoms with Gasteiger partial charge >= 0.3 is 12.3 Å². The lowest BCUT2D eigenvalue weighted by atomic mass is 10.1. The predicted octanol–water partition coefficient (Wildman–Crippen LogP) is 2.58. The molecule has 3 rings (SSSR count). The molecule has 0 saturated carbocycles. The highest BCUT2D eigenvalue weighted by molar-refractivity contribution is 7.90. The van der Waals surface area contributed by atoms with Crippen molar-refractivity contribution in [3.05, 3.63) is 71.1 Å². The molecule has 0 aliphatic rings. The molecule has 0 saturated heterocycles. The van der Waals surface area contributed by atoms with Gasteiger partial charge in [0, 0.05) is 12.1 Å². The van der Waals surface area contributed by atoms with Crippen LogP contribution in [0.2, 0.25) is 0 Å². The van der Waals surface area contributed by atoms with E-state index in [1.165, 1.54) is 17.1 Å². The highest BCUT2D eigenvalue weighted by Crippen LogP contribution is 2.33. The Bertz CT molecular complexity index is 1290. The number of nitrogens with zero attached hydrogens (tertiary/aromatic N) is 3. The second kappa shape index (κ2) is 11.1. The van der Waals surface area contributed by atoms with E-state index in [0.29, 0.717) is 17.7 Å². The zero-order valence-electron chi connectivity index (χ0n) is 19.3. The Balaban J connectivity index is 1.81. The Kier molecular flexibility index (Phi) is 8.35. The minimum atomic E-state index is -4.68. The third-order valence-electron chi connectivity index (χ3n) is 5.12. The summed E-state index contributed by atoms with van der Waals surface area (Å²) in [4.78, 5) is 11.5. The van der Waals surface area contributed by atoms with E-state index in [2.05, 4.69) is 5.10 Å². The fourth-order valence-electron chi connectivity index (χ4n) is 3.15. The quantitative estimate of drug-likeness (QED) is 0.323. The molecule has 0 bridgehead atoms. The van der Waals surface area contributed by atoms with Crippen LogP contribution in [0.5, 0.6) is 0 Å². The number of aromatic nitrogens is 2. The van der Waals surface area contributed by atoms with Crippen molar-refractivity contribution in [3.63, 3.8) is 0 Å². The third-order valence-corrected chi connectivity index (χ3v) is 6.45. The van der Waals surface area contributed by atoms with Gasteiger partial charge in [0.05, 0.1) is 22.8 Å². The van der Waals surface area contributed by atoms with Crippen LogP contribution < -0.4 is 10.3 Å². The first-order valence-electron chi connectivity index (χ1n) is 10.7. The number of rotatable bonds is 9. The number of nitrogens with two attached hydrogens (primary N) is 1. The van der Waals surface area contributed by atoms with Gasteiger partial charge in [-0.15, -0.1) is 0 Å². The molecule has 1 heterocycles. The van der Waals surface area contributed by atoms with Crippen LogP contribution in [0.3, 0.4) is 0 Å². The van der Waals surface area contributed by atoms with Crippen molar-refractivity contribution in [2.24, 2.45) is 0 Å². The Hall–Kier alpha value is -3.46. The number of amides is 1. The number of hydrogen-bond acceptors (Lipinski definition) is 7. The van der Waals surface area contributed by atoms with E-state index >= 15 is 0 Å². The average molecular weight is 528 g/mol. The van der Waals surface area contributed by atoms with Gasteiger partial charge < -0.3 is 15.5 Å². The summed E-state index contributed by atoms with van der Waals surface area (Å²) in [5.41, 5.74) is 1.22. The molecular formula is C22H24F3N5O5S. The summed E-state index contributed by atoms with van der Waals surface area (Å²) >= 11 is 0. The zero-order valence-corrected chi connectivity index (χ0v) is 20.1. The number of halogens is 3. The van der Waals surface area contributed by atoms with Crippen molar-refractivity contribution in [2.75, 3.05) is 19.7 Å². The van der Waals surface area contributed by atoms with Gasteiger partial charge in [0.15, 0.2) is 5.69 Å². The molecule has 0 fully saturated rings. The van der Waals surface area contributed by atoms with Crippen LogP contribution >= 0.6 is 0 Å². The number of quaternary nitrogens is 1. The molecule has 10 nitrogen and oxygen atoms in total. The average Bonchev–Trinajstić information content (AvgIpc) is 3.28. The van der Waals surface area contributed by atoms with Crippen LogP contribution in [0.1, 0.15) is 18.2 Å². The lowest BCUT2D eigenvalue weighted by Crippen LogP contribution is -2.88. The van der Waals surface area contributed by atoms with E-state index in [9.17, 15) is 31.6 Å². The standard InChI is InChI=1S/C22H24F3N5O5S/c1-3-29(28-32)12-13-35-21(31)27-36(33,34)18-10-8-17(9-11-18)30-19(14-20(26-30)22(23,24)25)16-6-4-15(2)5-7-16/h4-11,14H,3,12-13,28H2,1-2H3,(H,27,31). The highest BCUT2D eigenvalue weighted by atomic mass is 32.2. The normalized spacial score (nSPS) is 12.1. The highest BCUT2D eigenvalue weighted by Gasteiger charge is 2.35. The minimum Gasteiger partial charge on any atom is -0.614 e. The monoisotopic (exact) mass is 527 g/mol. The number of aryl methyl sites for hydroxylation is 1. The summed E-state index contributed by atoms with van der Waals surface area (Å²) in [5.74, 6) is 0. The SMILES string of the molecule is CCN(CCOC(=O)NS(=O)(=O)c1ccc(-n2nc(C(F)(F)F)cc2-c2ccc(C)cc2)cc1)[NH2+][O-]. The van der Waals surface area contributed by atoms with E-state index in [1.54, 1.807) is 35.9 Å². The van der Waals surface area contributed by atoms with Gasteiger partial charge in [0.25, 0.3) is 10.0 Å². The van der Waals surface area contributed by atoms with E-state index in [0.717, 1.165) is 28.4 Å². The van der Waals surface area contributed by atoms with Crippen LogP contribution in [0, 0.1) is 12.1 Å². The maximum absolute atomic E-state index is 13.4. The van der Waals surface area contributed by atoms with Gasteiger partial charge in [-0.25, -0.2) is 22.6 Å². The maximum Gasteiger partial charge on any atom is 0.435 e. The van der Waals surface area contributed by atoms with Crippen LogP contribution in [0.4, 0.5) is 18.0 Å². The fourth-order valence-corrected chi connectivity index (χ4v) is 4.04. The van der Waals surface area contributed by atoms with E-state index in [-0.39, 0.29) is 29.4 Å². The Labute approximate surface area is 205 Å². The van der Waals surface area contributed by atoms with Crippen LogP contribution in [0.25, 0.3) is 16.9 Å². The van der Waals surface area contributed by atoms with Gasteiger partial charge in [-0.1, -0.05) is 29.8 Å². The van der Waals surface area contributed by atoms with Crippen LogP contribution in [-0.4, -0.2) is 49.0 Å². The van der Waals surface area contributed by atoms with Gasteiger partial charge in [-0.3, -0.25) is 0 Å². The Morgan fingerprint density at radius 1 is 1.17 bits per heavy atom. The largest absolute Gasteiger partial charge is 0.614 e. The molecule has 14 heteroatoms. The van der Waals surface area contributed by atoms with Crippen molar-refractivity contribution in [1.82, 2.24) is 19.5 Å². The molecule has 0 aliphatic heterocycles. The number of likely N-dealkylation sites (N-methyl/N-ethyl adjacent to an activating group) is 1. The minimum absolute atomic E-state index is 0.0925. The second-order valence-electron chi connectivity index (χ2n) is 7.66. The van der Waals surface area contributed by atoms with Crippen molar-refractivity contribution < 1.29 is 36.7 Å². The number of carbonyl (C=O) groups excluding carboxylic acids is 1. The summed E-state index contributed by atoms with van der Waals surface area (Å²) < 4.78 is 72.7. The number of nitrogens with one attached hydrogen (secondary N) is 1. The fraction of sp³-hybridized carbons (Fsp3) is 0.273. The van der Waals surface area contributed by atoms with E-state index < -0.39 is 28.0 Å². The van der Waals surface area contributed by atoms with Crippen molar-refractivity contribution in [1.29, 1.82) is 0 Å². The molecule has 0 atom stereocenters. The lowest BCUT2D eigenvalue weighted by molar-refractivity contribution is -0.752. The molecule has 3 N–H and O–H groups in total. The molecule has 1 amide bonds. The van der Waals surface area contributed by atoms with Gasteiger partial charge in [0.2, 0.25) is 0 Å². The third kappa shape index (κ3) is 6.60. The van der Waals surface area contributed by atoms with Gasteiger partial charge in [-0.2, -0.15) is 23.3 Å². The predicted molar refractivity (Wildman–Crippen MR) is 123 cm³/mol. The van der Waals surface area contributed by atoms with Gasteiger partial charge in [0.1, 0.15) is 6.61 Å². The molecule has 3 aromatic rings. The molecule has 0 unspecified atom stereocenters. The number of ether oxygens (including phenoxy) is 1. The molecule has 0 radical (unpaired) electrons. The van der Waals surface area contributed by atoms with Gasteiger partial charge in [-0.05, 0) is 44.2 Å². The van der Waals surface area contributed by atoms with Crippen LogP contribution in [-0.2, 0) is 20.9 Å². The van der Waals surface area contributed by atoms with Crippen molar-refractivity contribution in [3.8, 4) is 16.9 Å². The molecule has 0 aliphatic carbocycles.